The number of hydrogen-bond acceptors (Lipinski definition) is 3. The van der Waals surface area contributed by atoms with E-state index in [9.17, 15) is 4.79 Å². The van der Waals surface area contributed by atoms with Crippen LogP contribution >= 0.6 is 0 Å². The van der Waals surface area contributed by atoms with Gasteiger partial charge in [-0.1, -0.05) is 36.8 Å². The van der Waals surface area contributed by atoms with Crippen LogP contribution < -0.4 is 0 Å². The van der Waals surface area contributed by atoms with Crippen LogP contribution in [0.3, 0.4) is 0 Å². The van der Waals surface area contributed by atoms with Crippen LogP contribution in [0.2, 0.25) is 0 Å². The lowest BCUT2D eigenvalue weighted by Crippen LogP contribution is -2.12. The van der Waals surface area contributed by atoms with Gasteiger partial charge in [-0.3, -0.25) is 4.79 Å². The van der Waals surface area contributed by atoms with E-state index in [4.69, 9.17) is 9.47 Å². The zero-order valence-electron chi connectivity index (χ0n) is 11.3. The molecule has 0 radical (unpaired) electrons. The van der Waals surface area contributed by atoms with Crippen molar-refractivity contribution in [1.82, 2.24) is 0 Å². The molecule has 0 saturated heterocycles. The van der Waals surface area contributed by atoms with Crippen LogP contribution in [-0.4, -0.2) is 32.2 Å². The molecule has 0 unspecified atom stereocenters. The fourth-order valence-electron chi connectivity index (χ4n) is 1.45. The maximum atomic E-state index is 10.9. The van der Waals surface area contributed by atoms with Crippen molar-refractivity contribution < 1.29 is 14.3 Å². The number of Topliss-reactive ketones (excluding diaryl/α,β-unsaturated/α-hetero) is 1. The van der Waals surface area contributed by atoms with Crippen molar-refractivity contribution in [3.8, 4) is 0 Å². The number of carbonyl (C=O) groups is 1. The molecule has 0 saturated carbocycles. The van der Waals surface area contributed by atoms with E-state index in [0.29, 0.717) is 26.2 Å². The van der Waals surface area contributed by atoms with Crippen LogP contribution in [0.5, 0.6) is 0 Å². The lowest BCUT2D eigenvalue weighted by molar-refractivity contribution is -0.123. The second kappa shape index (κ2) is 8.84. The zero-order chi connectivity index (χ0) is 13.2. The maximum Gasteiger partial charge on any atom is 0.158 e. The highest BCUT2D eigenvalue weighted by Gasteiger charge is 1.97. The molecule has 1 rings (SSSR count). The molecule has 100 valence electrons. The lowest BCUT2D eigenvalue weighted by Gasteiger charge is -2.05. The molecular weight excluding hydrogens is 228 g/mol. The summed E-state index contributed by atoms with van der Waals surface area (Å²) in [4.78, 5) is 10.9. The third kappa shape index (κ3) is 6.52. The highest BCUT2D eigenvalue weighted by atomic mass is 16.5. The summed E-state index contributed by atoms with van der Waals surface area (Å²) >= 11 is 0. The lowest BCUT2D eigenvalue weighted by atomic mass is 10.1. The summed E-state index contributed by atoms with van der Waals surface area (Å²) in [7, 11) is 0. The highest BCUT2D eigenvalue weighted by molar-refractivity contribution is 5.79. The average Bonchev–Trinajstić information content (AvgIpc) is 2.39. The number of benzene rings is 1. The topological polar surface area (TPSA) is 35.5 Å². The van der Waals surface area contributed by atoms with Gasteiger partial charge in [0.15, 0.2) is 5.78 Å². The first-order valence-electron chi connectivity index (χ1n) is 6.45. The molecule has 0 aromatic heterocycles. The van der Waals surface area contributed by atoms with Crippen molar-refractivity contribution in [2.24, 2.45) is 0 Å². The van der Waals surface area contributed by atoms with Crippen molar-refractivity contribution in [1.29, 1.82) is 0 Å². The van der Waals surface area contributed by atoms with Gasteiger partial charge >= 0.3 is 0 Å². The van der Waals surface area contributed by atoms with Gasteiger partial charge in [0, 0.05) is 6.42 Å². The number of hydrogen-bond donors (Lipinski definition) is 0. The highest BCUT2D eigenvalue weighted by Crippen LogP contribution is 2.03. The Bertz CT molecular complexity index is 343. The number of aryl methyl sites for hydroxylation is 1. The molecule has 1 aromatic carbocycles. The summed E-state index contributed by atoms with van der Waals surface area (Å²) in [5, 5.41) is 0. The van der Waals surface area contributed by atoms with E-state index in [-0.39, 0.29) is 12.4 Å². The van der Waals surface area contributed by atoms with E-state index in [1.165, 1.54) is 11.1 Å². The quantitative estimate of drug-likeness (QED) is 0.632. The molecule has 0 aliphatic carbocycles. The third-order valence-corrected chi connectivity index (χ3v) is 2.69. The van der Waals surface area contributed by atoms with E-state index in [0.717, 1.165) is 6.42 Å². The first-order chi connectivity index (χ1) is 8.72. The summed E-state index contributed by atoms with van der Waals surface area (Å²) in [5.74, 6) is 0.134. The molecule has 3 nitrogen and oxygen atoms in total. The maximum absolute atomic E-state index is 10.9. The molecule has 0 heterocycles. The Morgan fingerprint density at radius 2 is 1.72 bits per heavy atom. The van der Waals surface area contributed by atoms with Crippen molar-refractivity contribution in [3.63, 3.8) is 0 Å². The second-order valence-electron chi connectivity index (χ2n) is 4.29. The van der Waals surface area contributed by atoms with Crippen LogP contribution in [-0.2, 0) is 20.7 Å². The standard InChI is InChI=1S/C15H22O3/c1-3-15(16)12-18-11-10-17-9-8-14-6-4-13(2)5-7-14/h4-7H,3,8-12H2,1-2H3. The SMILES string of the molecule is CCC(=O)COCCOCCc1ccc(C)cc1. The second-order valence-corrected chi connectivity index (χ2v) is 4.29. The minimum absolute atomic E-state index is 0.134. The van der Waals surface area contributed by atoms with Crippen LogP contribution in [0.4, 0.5) is 0 Å². The molecule has 0 spiro atoms. The molecule has 3 heteroatoms. The van der Waals surface area contributed by atoms with Gasteiger partial charge < -0.3 is 9.47 Å². The summed E-state index contributed by atoms with van der Waals surface area (Å²) in [6, 6.07) is 8.45. The van der Waals surface area contributed by atoms with E-state index < -0.39 is 0 Å². The van der Waals surface area contributed by atoms with Gasteiger partial charge in [0.05, 0.1) is 19.8 Å². The summed E-state index contributed by atoms with van der Waals surface area (Å²) in [6.45, 7) is 5.84. The summed E-state index contributed by atoms with van der Waals surface area (Å²) in [5.41, 5.74) is 2.55. The smallest absolute Gasteiger partial charge is 0.158 e. The van der Waals surface area contributed by atoms with Crippen LogP contribution in [0, 0.1) is 6.92 Å². The number of ether oxygens (including phenoxy) is 2. The Balaban J connectivity index is 1.99. The van der Waals surface area contributed by atoms with Gasteiger partial charge in [-0.2, -0.15) is 0 Å². The average molecular weight is 250 g/mol. The van der Waals surface area contributed by atoms with Gasteiger partial charge in [0.1, 0.15) is 6.61 Å². The summed E-state index contributed by atoms with van der Waals surface area (Å²) in [6.07, 6.45) is 1.45. The Hall–Kier alpha value is -1.19. The first-order valence-corrected chi connectivity index (χ1v) is 6.45. The van der Waals surface area contributed by atoms with Crippen molar-refractivity contribution in [3.05, 3.63) is 35.4 Å². The van der Waals surface area contributed by atoms with Crippen molar-refractivity contribution in [2.45, 2.75) is 26.7 Å². The van der Waals surface area contributed by atoms with Gasteiger partial charge in [-0.15, -0.1) is 0 Å². The predicted molar refractivity (Wildman–Crippen MR) is 71.8 cm³/mol. The van der Waals surface area contributed by atoms with Gasteiger partial charge in [-0.25, -0.2) is 0 Å². The fraction of sp³-hybridized carbons (Fsp3) is 0.533. The van der Waals surface area contributed by atoms with Gasteiger partial charge in [-0.05, 0) is 18.9 Å². The molecule has 0 fully saturated rings. The van der Waals surface area contributed by atoms with Crippen LogP contribution in [0.25, 0.3) is 0 Å². The largest absolute Gasteiger partial charge is 0.379 e. The van der Waals surface area contributed by atoms with Crippen molar-refractivity contribution in [2.75, 3.05) is 26.4 Å². The molecule has 0 aliphatic rings. The molecule has 18 heavy (non-hydrogen) atoms. The molecule has 0 bridgehead atoms. The Labute approximate surface area is 109 Å². The van der Waals surface area contributed by atoms with Crippen molar-refractivity contribution >= 4 is 5.78 Å². The molecule has 0 atom stereocenters. The van der Waals surface area contributed by atoms with E-state index in [1.54, 1.807) is 0 Å². The third-order valence-electron chi connectivity index (χ3n) is 2.69. The normalized spacial score (nSPS) is 10.6. The number of ketones is 1. The molecular formula is C15H22O3. The Kier molecular flexibility index (Phi) is 7.30. The minimum atomic E-state index is 0.134. The van der Waals surface area contributed by atoms with Gasteiger partial charge in [0.25, 0.3) is 0 Å². The fourth-order valence-corrected chi connectivity index (χ4v) is 1.45. The Morgan fingerprint density at radius 3 is 2.39 bits per heavy atom. The predicted octanol–water partition coefficient (Wildman–Crippen LogP) is 2.55. The number of rotatable bonds is 9. The van der Waals surface area contributed by atoms with Crippen LogP contribution in [0.15, 0.2) is 24.3 Å². The van der Waals surface area contributed by atoms with Crippen LogP contribution in [0.1, 0.15) is 24.5 Å². The first kappa shape index (κ1) is 14.9. The van der Waals surface area contributed by atoms with Gasteiger partial charge in [0.2, 0.25) is 0 Å². The Morgan fingerprint density at radius 1 is 1.06 bits per heavy atom. The molecule has 0 N–H and O–H groups in total. The molecule has 1 aromatic rings. The summed E-state index contributed by atoms with van der Waals surface area (Å²) < 4.78 is 10.6. The molecule has 0 aliphatic heterocycles. The van der Waals surface area contributed by atoms with E-state index in [1.807, 2.05) is 6.92 Å². The minimum Gasteiger partial charge on any atom is -0.379 e. The molecule has 0 amide bonds. The monoisotopic (exact) mass is 250 g/mol. The number of carbonyl (C=O) groups excluding carboxylic acids is 1. The van der Waals surface area contributed by atoms with E-state index in [2.05, 4.69) is 31.2 Å². The van der Waals surface area contributed by atoms with E-state index >= 15 is 0 Å². The zero-order valence-corrected chi connectivity index (χ0v) is 11.3.